The molecule has 0 rings (SSSR count). The number of carbonyl (C=O) groups excluding carboxylic acids is 3. The van der Waals surface area contributed by atoms with E-state index in [-0.39, 0.29) is 31.6 Å². The first-order chi connectivity index (χ1) is 33.0. The number of carbonyl (C=O) groups is 3. The van der Waals surface area contributed by atoms with E-state index in [1.165, 1.54) is 96.3 Å². The standard InChI is InChI=1S/C61H100O6/c1-4-7-10-13-16-18-20-22-23-24-25-26-27-28-29-30-31-32-33-34-35-36-37-39-40-42-45-48-51-54-60(63)66-57-58(56-65-59(62)53-50-47-44-15-12-9-6-3)67-61(64)55-52-49-46-43-41-38-21-19-17-14-11-8-5-2/h7-8,10-11,16-19,22-23,25-26,28-29,38,41,46,49,58H,4-6,9,12-15,20-21,24,27,30-37,39-40,42-45,47-48,50-57H2,1-3H3/b10-7-,11-8-,18-16-,19-17-,23-22-,26-25-,29-28-,41-38-,49-46-. The summed E-state index contributed by atoms with van der Waals surface area (Å²) in [4.78, 5) is 37.8. The van der Waals surface area contributed by atoms with Crippen LogP contribution in [0.5, 0.6) is 0 Å². The highest BCUT2D eigenvalue weighted by Crippen LogP contribution is 2.15. The van der Waals surface area contributed by atoms with Crippen molar-refractivity contribution in [3.05, 3.63) is 109 Å². The van der Waals surface area contributed by atoms with Gasteiger partial charge in [0.15, 0.2) is 6.10 Å². The maximum absolute atomic E-state index is 12.7. The molecular formula is C61H100O6. The van der Waals surface area contributed by atoms with Crippen LogP contribution in [0.25, 0.3) is 0 Å². The number of esters is 3. The minimum atomic E-state index is -0.813. The maximum atomic E-state index is 12.7. The van der Waals surface area contributed by atoms with Gasteiger partial charge in [-0.1, -0.05) is 239 Å². The van der Waals surface area contributed by atoms with E-state index in [2.05, 4.69) is 118 Å². The fourth-order valence-electron chi connectivity index (χ4n) is 7.25. The molecule has 67 heavy (non-hydrogen) atoms. The van der Waals surface area contributed by atoms with Gasteiger partial charge in [0.05, 0.1) is 0 Å². The lowest BCUT2D eigenvalue weighted by molar-refractivity contribution is -0.166. The number of unbranched alkanes of at least 4 members (excludes halogenated alkanes) is 19. The maximum Gasteiger partial charge on any atom is 0.306 e. The third-order valence-corrected chi connectivity index (χ3v) is 11.3. The van der Waals surface area contributed by atoms with Crippen molar-refractivity contribution in [2.24, 2.45) is 0 Å². The molecule has 0 radical (unpaired) electrons. The molecule has 0 bridgehead atoms. The van der Waals surface area contributed by atoms with Crippen molar-refractivity contribution in [3.8, 4) is 0 Å². The average Bonchev–Trinajstić information content (AvgIpc) is 3.33. The summed E-state index contributed by atoms with van der Waals surface area (Å²) in [6, 6.07) is 0. The normalized spacial score (nSPS) is 12.9. The molecule has 0 aliphatic heterocycles. The quantitative estimate of drug-likeness (QED) is 0.0262. The van der Waals surface area contributed by atoms with Crippen LogP contribution in [0.1, 0.15) is 239 Å². The smallest absolute Gasteiger partial charge is 0.306 e. The van der Waals surface area contributed by atoms with E-state index in [0.29, 0.717) is 19.3 Å². The molecule has 0 aromatic rings. The molecule has 0 aliphatic rings. The molecule has 0 saturated heterocycles. The van der Waals surface area contributed by atoms with Crippen LogP contribution in [-0.2, 0) is 28.6 Å². The Morgan fingerprint density at radius 2 is 0.612 bits per heavy atom. The molecule has 6 heteroatoms. The molecule has 0 saturated carbocycles. The Balaban J connectivity index is 4.15. The van der Waals surface area contributed by atoms with Gasteiger partial charge in [0.1, 0.15) is 13.2 Å². The van der Waals surface area contributed by atoms with Crippen LogP contribution in [0.3, 0.4) is 0 Å². The van der Waals surface area contributed by atoms with Crippen molar-refractivity contribution in [3.63, 3.8) is 0 Å². The van der Waals surface area contributed by atoms with Crippen molar-refractivity contribution >= 4 is 17.9 Å². The first-order valence-corrected chi connectivity index (χ1v) is 27.4. The van der Waals surface area contributed by atoms with Crippen molar-refractivity contribution < 1.29 is 28.6 Å². The minimum absolute atomic E-state index is 0.106. The number of hydrogen-bond acceptors (Lipinski definition) is 6. The van der Waals surface area contributed by atoms with E-state index in [1.54, 1.807) is 0 Å². The third kappa shape index (κ3) is 52.9. The Hall–Kier alpha value is -3.93. The summed E-state index contributed by atoms with van der Waals surface area (Å²) in [5.74, 6) is -1.00. The molecule has 0 aliphatic carbocycles. The Morgan fingerprint density at radius 3 is 0.970 bits per heavy atom. The molecule has 0 heterocycles. The van der Waals surface area contributed by atoms with Gasteiger partial charge in [-0.25, -0.2) is 0 Å². The van der Waals surface area contributed by atoms with Gasteiger partial charge in [-0.3, -0.25) is 14.4 Å². The van der Waals surface area contributed by atoms with E-state index in [0.717, 1.165) is 96.3 Å². The van der Waals surface area contributed by atoms with Gasteiger partial charge in [-0.15, -0.1) is 0 Å². The summed E-state index contributed by atoms with van der Waals surface area (Å²) >= 11 is 0. The van der Waals surface area contributed by atoms with Crippen molar-refractivity contribution in [1.29, 1.82) is 0 Å². The lowest BCUT2D eigenvalue weighted by Crippen LogP contribution is -2.30. The Morgan fingerprint density at radius 1 is 0.313 bits per heavy atom. The summed E-state index contributed by atoms with van der Waals surface area (Å²) in [6.07, 6.45) is 74.1. The monoisotopic (exact) mass is 929 g/mol. The molecule has 380 valence electrons. The predicted molar refractivity (Wildman–Crippen MR) is 288 cm³/mol. The van der Waals surface area contributed by atoms with Crippen LogP contribution < -0.4 is 0 Å². The molecule has 1 unspecified atom stereocenters. The topological polar surface area (TPSA) is 78.9 Å². The Bertz CT molecular complexity index is 1390. The van der Waals surface area contributed by atoms with E-state index in [9.17, 15) is 14.4 Å². The second-order valence-electron chi connectivity index (χ2n) is 17.7. The average molecular weight is 929 g/mol. The zero-order chi connectivity index (χ0) is 48.6. The van der Waals surface area contributed by atoms with Crippen LogP contribution in [-0.4, -0.2) is 37.2 Å². The number of rotatable bonds is 48. The summed E-state index contributed by atoms with van der Waals surface area (Å²) in [5, 5.41) is 0. The van der Waals surface area contributed by atoms with Crippen LogP contribution >= 0.6 is 0 Å². The van der Waals surface area contributed by atoms with Crippen molar-refractivity contribution in [2.45, 2.75) is 245 Å². The largest absolute Gasteiger partial charge is 0.462 e. The fraction of sp³-hybridized carbons (Fsp3) is 0.656. The van der Waals surface area contributed by atoms with Crippen LogP contribution in [0, 0.1) is 0 Å². The first-order valence-electron chi connectivity index (χ1n) is 27.4. The summed E-state index contributed by atoms with van der Waals surface area (Å²) in [6.45, 7) is 6.29. The number of ether oxygens (including phenoxy) is 3. The predicted octanol–water partition coefficient (Wildman–Crippen LogP) is 18.3. The lowest BCUT2D eigenvalue weighted by Gasteiger charge is -2.18. The number of hydrogen-bond donors (Lipinski definition) is 0. The summed E-state index contributed by atoms with van der Waals surface area (Å²) < 4.78 is 16.6. The second-order valence-corrected chi connectivity index (χ2v) is 17.7. The van der Waals surface area contributed by atoms with Crippen LogP contribution in [0.15, 0.2) is 109 Å². The van der Waals surface area contributed by atoms with E-state index in [4.69, 9.17) is 14.2 Å². The molecular weight excluding hydrogens is 829 g/mol. The highest BCUT2D eigenvalue weighted by Gasteiger charge is 2.19. The molecule has 0 spiro atoms. The molecule has 1 atom stereocenters. The van der Waals surface area contributed by atoms with Crippen molar-refractivity contribution in [2.75, 3.05) is 13.2 Å². The molecule has 0 aromatic carbocycles. The van der Waals surface area contributed by atoms with E-state index in [1.807, 2.05) is 12.2 Å². The Labute approximate surface area is 412 Å². The van der Waals surface area contributed by atoms with Crippen LogP contribution in [0.4, 0.5) is 0 Å². The van der Waals surface area contributed by atoms with Gasteiger partial charge < -0.3 is 14.2 Å². The first kappa shape index (κ1) is 63.1. The van der Waals surface area contributed by atoms with Gasteiger partial charge in [0.2, 0.25) is 0 Å². The van der Waals surface area contributed by atoms with E-state index < -0.39 is 12.1 Å². The SMILES string of the molecule is CC/C=C\C/C=C\C/C=C\C/C=C\C/C=C\CCCCCCCCCCCCCCCC(=O)OCC(COC(=O)CCCCCCCCC)OC(=O)CC/C=C\C/C=C\C/C=C\C/C=C\CC. The lowest BCUT2D eigenvalue weighted by atomic mass is 10.0. The fourth-order valence-corrected chi connectivity index (χ4v) is 7.25. The van der Waals surface area contributed by atoms with Crippen molar-refractivity contribution in [1.82, 2.24) is 0 Å². The van der Waals surface area contributed by atoms with Gasteiger partial charge >= 0.3 is 17.9 Å². The van der Waals surface area contributed by atoms with Crippen LogP contribution in [0.2, 0.25) is 0 Å². The highest BCUT2D eigenvalue weighted by molar-refractivity contribution is 5.71. The summed E-state index contributed by atoms with van der Waals surface area (Å²) in [5.41, 5.74) is 0. The highest BCUT2D eigenvalue weighted by atomic mass is 16.6. The zero-order valence-corrected chi connectivity index (χ0v) is 43.4. The zero-order valence-electron chi connectivity index (χ0n) is 43.4. The Kier molecular flexibility index (Phi) is 51.5. The van der Waals surface area contributed by atoms with Gasteiger partial charge in [0.25, 0.3) is 0 Å². The molecule has 0 aromatic heterocycles. The second kappa shape index (κ2) is 54.7. The third-order valence-electron chi connectivity index (χ3n) is 11.3. The molecule has 0 N–H and O–H groups in total. The van der Waals surface area contributed by atoms with Gasteiger partial charge in [-0.2, -0.15) is 0 Å². The van der Waals surface area contributed by atoms with Gasteiger partial charge in [0, 0.05) is 19.3 Å². The minimum Gasteiger partial charge on any atom is -0.462 e. The van der Waals surface area contributed by atoms with E-state index >= 15 is 0 Å². The molecule has 0 amide bonds. The van der Waals surface area contributed by atoms with Gasteiger partial charge in [-0.05, 0) is 89.9 Å². The molecule has 6 nitrogen and oxygen atoms in total. The number of allylic oxidation sites excluding steroid dienone is 18. The molecule has 0 fully saturated rings. The summed E-state index contributed by atoms with van der Waals surface area (Å²) in [7, 11) is 0.